The maximum absolute atomic E-state index is 12.8. The third-order valence-electron chi connectivity index (χ3n) is 7.13. The molecule has 222 valence electrons. The highest BCUT2D eigenvalue weighted by atomic mass is 16.6. The van der Waals surface area contributed by atoms with Gasteiger partial charge in [-0.25, -0.2) is 9.59 Å². The Bertz CT molecular complexity index is 1410. The summed E-state index contributed by atoms with van der Waals surface area (Å²) < 4.78 is 10.6. The first-order chi connectivity index (χ1) is 19.7. The summed E-state index contributed by atoms with van der Waals surface area (Å²) in [5.74, 6) is -2.24. The van der Waals surface area contributed by atoms with Gasteiger partial charge in [0.15, 0.2) is 0 Å². The largest absolute Gasteiger partial charge is 0.462 e. The summed E-state index contributed by atoms with van der Waals surface area (Å²) in [6.07, 6.45) is 2.40. The molecule has 2 atom stereocenters. The number of ether oxygens (including phenoxy) is 2. The number of rotatable bonds is 13. The number of non-ortho nitro benzene ring substituents is 4. The Morgan fingerprint density at radius 1 is 0.786 bits per heavy atom. The van der Waals surface area contributed by atoms with Gasteiger partial charge in [-0.1, -0.05) is 6.08 Å². The molecule has 2 aromatic carbocycles. The minimum absolute atomic E-state index is 0.0534. The van der Waals surface area contributed by atoms with Gasteiger partial charge in [0.2, 0.25) is 0 Å². The Balaban J connectivity index is 1.82. The molecule has 17 heteroatoms. The van der Waals surface area contributed by atoms with Gasteiger partial charge in [0.25, 0.3) is 22.7 Å². The molecule has 17 nitrogen and oxygen atoms in total. The van der Waals surface area contributed by atoms with Crippen molar-refractivity contribution in [3.05, 3.63) is 101 Å². The van der Waals surface area contributed by atoms with Crippen molar-refractivity contribution in [2.24, 2.45) is 5.41 Å². The summed E-state index contributed by atoms with van der Waals surface area (Å²) in [6.45, 7) is 2.77. The van der Waals surface area contributed by atoms with Crippen LogP contribution in [0.1, 0.15) is 52.8 Å². The van der Waals surface area contributed by atoms with Crippen molar-refractivity contribution in [2.75, 3.05) is 13.2 Å². The van der Waals surface area contributed by atoms with E-state index in [0.29, 0.717) is 18.6 Å². The highest BCUT2D eigenvalue weighted by molar-refractivity contribution is 5.91. The molecule has 0 spiro atoms. The van der Waals surface area contributed by atoms with Gasteiger partial charge in [-0.3, -0.25) is 40.5 Å². The second-order valence-electron chi connectivity index (χ2n) is 9.62. The van der Waals surface area contributed by atoms with Crippen LogP contribution < -0.4 is 0 Å². The number of esters is 2. The Labute approximate surface area is 235 Å². The molecule has 0 radical (unpaired) electrons. The first-order valence-electron chi connectivity index (χ1n) is 12.3. The second-order valence-corrected chi connectivity index (χ2v) is 9.62. The number of carbonyl (C=O) groups excluding carboxylic acids is 2. The van der Waals surface area contributed by atoms with Crippen molar-refractivity contribution in [3.63, 3.8) is 0 Å². The van der Waals surface area contributed by atoms with Gasteiger partial charge >= 0.3 is 11.9 Å². The van der Waals surface area contributed by atoms with Gasteiger partial charge in [-0.05, 0) is 32.1 Å². The molecule has 1 aliphatic carbocycles. The molecule has 0 heterocycles. The Kier molecular flexibility index (Phi) is 9.26. The fourth-order valence-corrected chi connectivity index (χ4v) is 4.97. The highest BCUT2D eigenvalue weighted by Gasteiger charge is 2.54. The Morgan fingerprint density at radius 3 is 1.62 bits per heavy atom. The van der Waals surface area contributed by atoms with E-state index in [-0.39, 0.29) is 25.7 Å². The molecule has 1 aliphatic rings. The number of hydrogen-bond donors (Lipinski definition) is 1. The van der Waals surface area contributed by atoms with Crippen LogP contribution in [0.5, 0.6) is 0 Å². The van der Waals surface area contributed by atoms with E-state index in [4.69, 9.17) is 9.47 Å². The molecule has 1 saturated carbocycles. The lowest BCUT2D eigenvalue weighted by molar-refractivity contribution is -0.394. The normalized spacial score (nSPS) is 19.5. The average molecular weight is 588 g/mol. The van der Waals surface area contributed by atoms with Crippen LogP contribution in [0.2, 0.25) is 0 Å². The van der Waals surface area contributed by atoms with E-state index in [1.54, 1.807) is 0 Å². The third kappa shape index (κ3) is 6.69. The van der Waals surface area contributed by atoms with Gasteiger partial charge in [0.05, 0.1) is 55.2 Å². The predicted octanol–water partition coefficient (Wildman–Crippen LogP) is 4.20. The quantitative estimate of drug-likeness (QED) is 0.149. The summed E-state index contributed by atoms with van der Waals surface area (Å²) in [7, 11) is 0. The molecule has 3 rings (SSSR count). The van der Waals surface area contributed by atoms with E-state index in [0.717, 1.165) is 24.3 Å². The van der Waals surface area contributed by atoms with Gasteiger partial charge in [0, 0.05) is 29.7 Å². The number of nitrogens with zero attached hydrogens (tertiary/aromatic N) is 4. The molecular weight excluding hydrogens is 564 g/mol. The van der Waals surface area contributed by atoms with Crippen molar-refractivity contribution >= 4 is 34.7 Å². The molecular formula is C25H24N4O13. The standard InChI is InChI=1S/C25H24N4O13/c1-2-4-25(32)6-3-5-24(25,15-42-23(31)17-11-20(28(37)38)14-21(12-17)29(39)40)7-8-41-22(30)16-9-18(26(33)34)13-19(10-16)27(35)36/h2,9-14,32H,1,3-8,15H2/t24-,25-/m1/s1. The van der Waals surface area contributed by atoms with E-state index >= 15 is 0 Å². The van der Waals surface area contributed by atoms with Crippen molar-refractivity contribution in [1.82, 2.24) is 0 Å². The van der Waals surface area contributed by atoms with E-state index < -0.39 is 89.7 Å². The Morgan fingerprint density at radius 2 is 1.21 bits per heavy atom. The molecule has 1 fully saturated rings. The van der Waals surface area contributed by atoms with Crippen LogP contribution in [0.4, 0.5) is 22.7 Å². The lowest BCUT2D eigenvalue weighted by atomic mass is 9.71. The van der Waals surface area contributed by atoms with Crippen LogP contribution in [0.25, 0.3) is 0 Å². The second kappa shape index (κ2) is 12.5. The fourth-order valence-electron chi connectivity index (χ4n) is 4.97. The maximum Gasteiger partial charge on any atom is 0.338 e. The van der Waals surface area contributed by atoms with Crippen LogP contribution >= 0.6 is 0 Å². The number of carbonyl (C=O) groups is 2. The first kappa shape index (κ1) is 31.2. The summed E-state index contributed by atoms with van der Waals surface area (Å²) in [6, 6.07) is 4.62. The van der Waals surface area contributed by atoms with E-state index in [9.17, 15) is 55.2 Å². The van der Waals surface area contributed by atoms with E-state index in [1.807, 2.05) is 0 Å². The monoisotopic (exact) mass is 588 g/mol. The zero-order valence-electron chi connectivity index (χ0n) is 21.8. The summed E-state index contributed by atoms with van der Waals surface area (Å²) in [5.41, 5.74) is -6.43. The zero-order chi connectivity index (χ0) is 31.2. The third-order valence-corrected chi connectivity index (χ3v) is 7.13. The van der Waals surface area contributed by atoms with Gasteiger partial charge < -0.3 is 14.6 Å². The number of benzene rings is 2. The summed E-state index contributed by atoms with van der Waals surface area (Å²) >= 11 is 0. The molecule has 0 bridgehead atoms. The smallest absolute Gasteiger partial charge is 0.338 e. The zero-order valence-corrected chi connectivity index (χ0v) is 21.8. The predicted molar refractivity (Wildman–Crippen MR) is 141 cm³/mol. The van der Waals surface area contributed by atoms with Gasteiger partial charge in [0.1, 0.15) is 6.61 Å². The molecule has 0 amide bonds. The van der Waals surface area contributed by atoms with Crippen LogP contribution in [0.3, 0.4) is 0 Å². The minimum Gasteiger partial charge on any atom is -0.462 e. The van der Waals surface area contributed by atoms with Crippen molar-refractivity contribution < 1.29 is 43.9 Å². The van der Waals surface area contributed by atoms with Crippen LogP contribution in [0, 0.1) is 45.9 Å². The van der Waals surface area contributed by atoms with Crippen LogP contribution in [-0.2, 0) is 9.47 Å². The first-order valence-corrected chi connectivity index (χ1v) is 12.3. The van der Waals surface area contributed by atoms with Gasteiger partial charge in [-0.2, -0.15) is 0 Å². The number of aliphatic hydroxyl groups is 1. The molecule has 0 aliphatic heterocycles. The molecule has 2 aromatic rings. The molecule has 1 N–H and O–H groups in total. The number of nitro benzene ring substituents is 4. The lowest BCUT2D eigenvalue weighted by Crippen LogP contribution is -2.48. The fraction of sp³-hybridized carbons (Fsp3) is 0.360. The molecule has 0 aromatic heterocycles. The Hall–Kier alpha value is -5.32. The van der Waals surface area contributed by atoms with Crippen LogP contribution in [0.15, 0.2) is 49.1 Å². The minimum atomic E-state index is -1.49. The molecule has 0 saturated heterocycles. The van der Waals surface area contributed by atoms with Crippen LogP contribution in [-0.4, -0.2) is 55.6 Å². The van der Waals surface area contributed by atoms with Crippen molar-refractivity contribution in [3.8, 4) is 0 Å². The van der Waals surface area contributed by atoms with E-state index in [1.165, 1.54) is 6.08 Å². The highest BCUT2D eigenvalue weighted by Crippen LogP contribution is 2.51. The molecule has 42 heavy (non-hydrogen) atoms. The summed E-state index contributed by atoms with van der Waals surface area (Å²) in [4.78, 5) is 66.5. The maximum atomic E-state index is 12.8. The number of hydrogen-bond acceptors (Lipinski definition) is 13. The van der Waals surface area contributed by atoms with Gasteiger partial charge in [-0.15, -0.1) is 6.58 Å². The van der Waals surface area contributed by atoms with Crippen molar-refractivity contribution in [1.29, 1.82) is 0 Å². The SMILES string of the molecule is C=CC[C@@]1(O)CCC[C@@]1(CCOC(=O)c1cc([N+](=O)[O-])cc([N+](=O)[O-])c1)COC(=O)c1cc([N+](=O)[O-])cc([N+](=O)[O-])c1. The lowest BCUT2D eigenvalue weighted by Gasteiger charge is -2.41. The average Bonchev–Trinajstić information content (AvgIpc) is 3.26. The van der Waals surface area contributed by atoms with Crippen molar-refractivity contribution in [2.45, 2.75) is 37.7 Å². The summed E-state index contributed by atoms with van der Waals surface area (Å²) in [5, 5.41) is 56.1. The van der Waals surface area contributed by atoms with E-state index in [2.05, 4.69) is 6.58 Å². The topological polar surface area (TPSA) is 245 Å². The number of nitro groups is 4. The molecule has 0 unspecified atom stereocenters.